The van der Waals surface area contributed by atoms with Crippen LogP contribution in [-0.2, 0) is 11.2 Å². The highest BCUT2D eigenvalue weighted by Gasteiger charge is 2.04. The van der Waals surface area contributed by atoms with Crippen molar-refractivity contribution in [3.63, 3.8) is 0 Å². The largest absolute Gasteiger partial charge is 0.369 e. The van der Waals surface area contributed by atoms with E-state index >= 15 is 0 Å². The smallest absolute Gasteiger partial charge is 0.231 e. The normalized spacial score (nSPS) is 10.9. The molecule has 0 saturated carbocycles. The number of nitrogens with two attached hydrogens (primary N) is 1. The van der Waals surface area contributed by atoms with Crippen molar-refractivity contribution in [3.05, 3.63) is 35.8 Å². The number of aromatic amines is 1. The molecule has 17 heavy (non-hydrogen) atoms. The molecule has 1 aromatic heterocycles. The number of rotatable bonds is 5. The Morgan fingerprint density at radius 3 is 3.06 bits per heavy atom. The van der Waals surface area contributed by atoms with Crippen molar-refractivity contribution in [1.82, 2.24) is 10.3 Å². The molecule has 0 spiro atoms. The lowest BCUT2D eigenvalue weighted by Crippen LogP contribution is -2.29. The summed E-state index contributed by atoms with van der Waals surface area (Å²) < 4.78 is 13.1. The van der Waals surface area contributed by atoms with E-state index in [0.29, 0.717) is 6.54 Å². The highest BCUT2D eigenvalue weighted by atomic mass is 19.1. The van der Waals surface area contributed by atoms with Crippen LogP contribution in [0.5, 0.6) is 0 Å². The zero-order valence-electron chi connectivity index (χ0n) is 9.29. The van der Waals surface area contributed by atoms with Crippen LogP contribution >= 0.6 is 0 Å². The van der Waals surface area contributed by atoms with E-state index in [1.165, 1.54) is 12.1 Å². The van der Waals surface area contributed by atoms with Crippen LogP contribution in [0.25, 0.3) is 10.9 Å². The number of nitrogens with one attached hydrogen (secondary N) is 2. The maximum atomic E-state index is 13.1. The van der Waals surface area contributed by atoms with E-state index in [1.807, 2.05) is 6.20 Å². The van der Waals surface area contributed by atoms with Gasteiger partial charge in [0, 0.05) is 17.1 Å². The van der Waals surface area contributed by atoms with Crippen LogP contribution < -0.4 is 11.1 Å². The molecule has 4 N–H and O–H groups in total. The molecular formula is C12H14FN3O. The molecule has 0 bridgehead atoms. The summed E-state index contributed by atoms with van der Waals surface area (Å²) in [6.07, 6.45) is 2.58. The molecule has 1 amide bonds. The summed E-state index contributed by atoms with van der Waals surface area (Å²) in [5.74, 6) is -0.626. The zero-order valence-corrected chi connectivity index (χ0v) is 9.29. The second-order valence-corrected chi connectivity index (χ2v) is 3.90. The average Bonchev–Trinajstić information content (AvgIpc) is 2.67. The first kappa shape index (κ1) is 11.6. The number of aromatic nitrogens is 1. The van der Waals surface area contributed by atoms with Crippen LogP contribution in [0.15, 0.2) is 24.4 Å². The number of benzene rings is 1. The highest BCUT2D eigenvalue weighted by molar-refractivity contribution is 5.83. The Kier molecular flexibility index (Phi) is 3.39. The Morgan fingerprint density at radius 2 is 2.29 bits per heavy atom. The van der Waals surface area contributed by atoms with Crippen molar-refractivity contribution in [2.24, 2.45) is 5.73 Å². The molecule has 0 aliphatic carbocycles. The number of carbonyl (C=O) groups excluding carboxylic acids is 1. The fraction of sp³-hybridized carbons (Fsp3) is 0.250. The minimum absolute atomic E-state index is 0.163. The Hall–Kier alpha value is -1.88. The summed E-state index contributed by atoms with van der Waals surface area (Å²) >= 11 is 0. The van der Waals surface area contributed by atoms with Crippen LogP contribution in [0.1, 0.15) is 5.56 Å². The first-order chi connectivity index (χ1) is 8.16. The maximum absolute atomic E-state index is 13.1. The Bertz CT molecular complexity index is 536. The molecule has 2 rings (SSSR count). The van der Waals surface area contributed by atoms with Gasteiger partial charge in [0.1, 0.15) is 5.82 Å². The SMILES string of the molecule is NC(=O)CNCCc1c[nH]c2ccc(F)cc12. The number of hydrogen-bond donors (Lipinski definition) is 3. The Morgan fingerprint density at radius 1 is 1.47 bits per heavy atom. The van der Waals surface area contributed by atoms with Crippen LogP contribution in [0, 0.1) is 5.82 Å². The van der Waals surface area contributed by atoms with E-state index in [9.17, 15) is 9.18 Å². The van der Waals surface area contributed by atoms with Crippen molar-refractivity contribution >= 4 is 16.8 Å². The average molecular weight is 235 g/mol. The van der Waals surface area contributed by atoms with E-state index < -0.39 is 0 Å². The quantitative estimate of drug-likeness (QED) is 0.674. The van der Waals surface area contributed by atoms with E-state index in [1.54, 1.807) is 6.07 Å². The topological polar surface area (TPSA) is 70.9 Å². The van der Waals surface area contributed by atoms with Crippen molar-refractivity contribution in [1.29, 1.82) is 0 Å². The summed E-state index contributed by atoms with van der Waals surface area (Å²) in [6.45, 7) is 0.795. The second kappa shape index (κ2) is 4.97. The lowest BCUT2D eigenvalue weighted by Gasteiger charge is -2.01. The number of primary amides is 1. The van der Waals surface area contributed by atoms with Crippen LogP contribution in [0.4, 0.5) is 4.39 Å². The van der Waals surface area contributed by atoms with Gasteiger partial charge in [0.15, 0.2) is 0 Å². The maximum Gasteiger partial charge on any atom is 0.231 e. The van der Waals surface area contributed by atoms with Gasteiger partial charge in [0.05, 0.1) is 6.54 Å². The van der Waals surface area contributed by atoms with E-state index in [0.717, 1.165) is 22.9 Å². The number of hydrogen-bond acceptors (Lipinski definition) is 2. The molecule has 0 saturated heterocycles. The van der Waals surface area contributed by atoms with Gasteiger partial charge in [-0.2, -0.15) is 0 Å². The first-order valence-corrected chi connectivity index (χ1v) is 5.41. The van der Waals surface area contributed by atoms with E-state index in [4.69, 9.17) is 5.73 Å². The summed E-state index contributed by atoms with van der Waals surface area (Å²) in [7, 11) is 0. The first-order valence-electron chi connectivity index (χ1n) is 5.41. The van der Waals surface area contributed by atoms with Gasteiger partial charge in [-0.25, -0.2) is 4.39 Å². The zero-order chi connectivity index (χ0) is 12.3. The van der Waals surface area contributed by atoms with Crippen molar-refractivity contribution < 1.29 is 9.18 Å². The standard InChI is InChI=1S/C12H14FN3O/c13-9-1-2-11-10(5-9)8(6-16-11)3-4-15-7-12(14)17/h1-2,5-6,15-16H,3-4,7H2,(H2,14,17). The van der Waals surface area contributed by atoms with Gasteiger partial charge < -0.3 is 16.0 Å². The molecular weight excluding hydrogens is 221 g/mol. The number of amides is 1. The third-order valence-corrected chi connectivity index (χ3v) is 2.60. The van der Waals surface area contributed by atoms with Crippen LogP contribution in [0.3, 0.4) is 0 Å². The minimum atomic E-state index is -0.380. The molecule has 0 fully saturated rings. The molecule has 4 nitrogen and oxygen atoms in total. The van der Waals surface area contributed by atoms with E-state index in [-0.39, 0.29) is 18.3 Å². The van der Waals surface area contributed by atoms with Gasteiger partial charge in [-0.05, 0) is 36.7 Å². The fourth-order valence-corrected chi connectivity index (χ4v) is 1.79. The molecule has 0 aliphatic rings. The third-order valence-electron chi connectivity index (χ3n) is 2.60. The molecule has 1 heterocycles. The van der Waals surface area contributed by atoms with Crippen LogP contribution in [0.2, 0.25) is 0 Å². The van der Waals surface area contributed by atoms with Gasteiger partial charge in [-0.3, -0.25) is 4.79 Å². The Labute approximate surface area is 98.0 Å². The molecule has 0 unspecified atom stereocenters. The minimum Gasteiger partial charge on any atom is -0.369 e. The summed E-state index contributed by atoms with van der Waals surface area (Å²) in [6, 6.07) is 4.65. The molecule has 2 aromatic rings. The fourth-order valence-electron chi connectivity index (χ4n) is 1.79. The van der Waals surface area contributed by atoms with Gasteiger partial charge in [0.25, 0.3) is 0 Å². The van der Waals surface area contributed by atoms with Gasteiger partial charge in [0.2, 0.25) is 5.91 Å². The lowest BCUT2D eigenvalue weighted by molar-refractivity contribution is -0.117. The van der Waals surface area contributed by atoms with Gasteiger partial charge >= 0.3 is 0 Å². The number of halogens is 1. The molecule has 0 atom stereocenters. The summed E-state index contributed by atoms with van der Waals surface area (Å²) in [5.41, 5.74) is 6.94. The number of H-pyrrole nitrogens is 1. The van der Waals surface area contributed by atoms with E-state index in [2.05, 4.69) is 10.3 Å². The summed E-state index contributed by atoms with van der Waals surface area (Å²) in [4.78, 5) is 13.6. The molecule has 90 valence electrons. The lowest BCUT2D eigenvalue weighted by atomic mass is 10.1. The van der Waals surface area contributed by atoms with Crippen molar-refractivity contribution in [2.75, 3.05) is 13.1 Å². The molecule has 0 aliphatic heterocycles. The molecule has 1 aromatic carbocycles. The molecule has 5 heteroatoms. The van der Waals surface area contributed by atoms with Crippen LogP contribution in [-0.4, -0.2) is 24.0 Å². The Balaban J connectivity index is 2.03. The molecule has 0 radical (unpaired) electrons. The monoisotopic (exact) mass is 235 g/mol. The van der Waals surface area contributed by atoms with Gasteiger partial charge in [-0.1, -0.05) is 0 Å². The number of carbonyl (C=O) groups is 1. The summed E-state index contributed by atoms with van der Waals surface area (Å²) in [5, 5.41) is 3.80. The highest BCUT2D eigenvalue weighted by Crippen LogP contribution is 2.19. The predicted molar refractivity (Wildman–Crippen MR) is 64.0 cm³/mol. The van der Waals surface area contributed by atoms with Crippen molar-refractivity contribution in [3.8, 4) is 0 Å². The third kappa shape index (κ3) is 2.82. The van der Waals surface area contributed by atoms with Crippen molar-refractivity contribution in [2.45, 2.75) is 6.42 Å². The number of fused-ring (bicyclic) bond motifs is 1. The predicted octanol–water partition coefficient (Wildman–Crippen LogP) is 0.924. The second-order valence-electron chi connectivity index (χ2n) is 3.90. The van der Waals surface area contributed by atoms with Gasteiger partial charge in [-0.15, -0.1) is 0 Å².